The molecule has 0 fully saturated rings. The van der Waals surface area contributed by atoms with Gasteiger partial charge in [-0.05, 0) is 24.6 Å². The van der Waals surface area contributed by atoms with Crippen molar-refractivity contribution in [3.05, 3.63) is 106 Å². The summed E-state index contributed by atoms with van der Waals surface area (Å²) in [5.41, 5.74) is 3.34. The zero-order valence-electron chi connectivity index (χ0n) is 14.3. The third-order valence-corrected chi connectivity index (χ3v) is 4.33. The van der Waals surface area contributed by atoms with Crippen molar-refractivity contribution in [2.75, 3.05) is 0 Å². The normalized spacial score (nSPS) is 12.1. The minimum absolute atomic E-state index is 0.150. The molecule has 3 aromatic rings. The standard InChI is InChI=1S/C22H17BrN2O/c1-16(19-13-8-14-20(23)15-19)24-25-21(17-9-4-2-5-10-17)22(26)18-11-6-3-7-12-18/h2-15H,1H3/b24-16-,25-21-. The summed E-state index contributed by atoms with van der Waals surface area (Å²) in [6.45, 7) is 1.88. The average Bonchev–Trinajstić information content (AvgIpc) is 2.69. The Morgan fingerprint density at radius 2 is 1.31 bits per heavy atom. The molecule has 0 radical (unpaired) electrons. The van der Waals surface area contributed by atoms with Gasteiger partial charge in [0.25, 0.3) is 0 Å². The highest BCUT2D eigenvalue weighted by Crippen LogP contribution is 2.14. The number of ketones is 1. The van der Waals surface area contributed by atoms with Crippen molar-refractivity contribution in [3.8, 4) is 0 Å². The summed E-state index contributed by atoms with van der Waals surface area (Å²) >= 11 is 3.46. The van der Waals surface area contributed by atoms with E-state index in [4.69, 9.17) is 0 Å². The second kappa shape index (κ2) is 8.50. The molecule has 3 aromatic carbocycles. The number of hydrogen-bond acceptors (Lipinski definition) is 3. The molecule has 0 bridgehead atoms. The number of nitrogens with zero attached hydrogens (tertiary/aromatic N) is 2. The van der Waals surface area contributed by atoms with Crippen LogP contribution in [0.4, 0.5) is 0 Å². The van der Waals surface area contributed by atoms with Gasteiger partial charge < -0.3 is 0 Å². The van der Waals surface area contributed by atoms with Crippen LogP contribution in [-0.2, 0) is 0 Å². The van der Waals surface area contributed by atoms with Gasteiger partial charge in [-0.3, -0.25) is 4.79 Å². The zero-order chi connectivity index (χ0) is 18.4. The topological polar surface area (TPSA) is 41.8 Å². The molecule has 0 amide bonds. The van der Waals surface area contributed by atoms with Crippen molar-refractivity contribution in [1.82, 2.24) is 0 Å². The van der Waals surface area contributed by atoms with E-state index in [-0.39, 0.29) is 5.78 Å². The second-order valence-corrected chi connectivity index (χ2v) is 6.62. The van der Waals surface area contributed by atoms with Crippen LogP contribution in [0.25, 0.3) is 0 Å². The van der Waals surface area contributed by atoms with Crippen LogP contribution in [0.5, 0.6) is 0 Å². The highest BCUT2D eigenvalue weighted by Gasteiger charge is 2.16. The third kappa shape index (κ3) is 4.41. The molecule has 0 aliphatic rings. The molecule has 4 heteroatoms. The van der Waals surface area contributed by atoms with Crippen LogP contribution in [-0.4, -0.2) is 17.2 Å². The summed E-state index contributed by atoms with van der Waals surface area (Å²) in [4.78, 5) is 12.9. The zero-order valence-corrected chi connectivity index (χ0v) is 15.8. The third-order valence-electron chi connectivity index (χ3n) is 3.84. The van der Waals surface area contributed by atoms with Crippen LogP contribution in [0.15, 0.2) is 99.6 Å². The lowest BCUT2D eigenvalue weighted by atomic mass is 10.0. The lowest BCUT2D eigenvalue weighted by Crippen LogP contribution is -2.15. The van der Waals surface area contributed by atoms with Crippen LogP contribution in [0, 0.1) is 0 Å². The first-order chi connectivity index (χ1) is 12.6. The summed E-state index contributed by atoms with van der Waals surface area (Å²) in [6, 6.07) is 26.3. The Balaban J connectivity index is 2.02. The number of halogens is 1. The molecule has 0 unspecified atom stereocenters. The monoisotopic (exact) mass is 404 g/mol. The van der Waals surface area contributed by atoms with E-state index in [1.54, 1.807) is 12.1 Å². The molecule has 3 rings (SSSR count). The number of Topliss-reactive ketones (excluding diaryl/α,β-unsaturated/α-hetero) is 1. The van der Waals surface area contributed by atoms with Crippen molar-refractivity contribution < 1.29 is 4.79 Å². The Hall–Kier alpha value is -2.85. The van der Waals surface area contributed by atoms with Crippen molar-refractivity contribution in [1.29, 1.82) is 0 Å². The van der Waals surface area contributed by atoms with E-state index in [1.807, 2.05) is 79.7 Å². The van der Waals surface area contributed by atoms with Gasteiger partial charge in [0.2, 0.25) is 5.78 Å². The number of benzene rings is 3. The van der Waals surface area contributed by atoms with Crippen LogP contribution < -0.4 is 0 Å². The Labute approximate surface area is 161 Å². The molecule has 0 aliphatic carbocycles. The van der Waals surface area contributed by atoms with Crippen molar-refractivity contribution >= 4 is 33.1 Å². The Morgan fingerprint density at radius 1 is 0.731 bits per heavy atom. The molecule has 0 aromatic heterocycles. The van der Waals surface area contributed by atoms with Gasteiger partial charge in [-0.15, -0.1) is 5.10 Å². The Kier molecular flexibility index (Phi) is 5.87. The molecule has 0 saturated carbocycles. The summed E-state index contributed by atoms with van der Waals surface area (Å²) in [5, 5.41) is 8.64. The van der Waals surface area contributed by atoms with Gasteiger partial charge in [-0.1, -0.05) is 88.7 Å². The molecule has 0 spiro atoms. The van der Waals surface area contributed by atoms with Gasteiger partial charge in [0.15, 0.2) is 0 Å². The largest absolute Gasteiger partial charge is 0.287 e. The van der Waals surface area contributed by atoms with Gasteiger partial charge in [-0.25, -0.2) is 0 Å². The fraction of sp³-hybridized carbons (Fsp3) is 0.0455. The quantitative estimate of drug-likeness (QED) is 0.312. The fourth-order valence-electron chi connectivity index (χ4n) is 2.45. The van der Waals surface area contributed by atoms with E-state index < -0.39 is 0 Å². The van der Waals surface area contributed by atoms with Gasteiger partial charge in [0.1, 0.15) is 5.71 Å². The molecule has 0 N–H and O–H groups in total. The predicted molar refractivity (Wildman–Crippen MR) is 110 cm³/mol. The van der Waals surface area contributed by atoms with E-state index in [0.29, 0.717) is 11.3 Å². The van der Waals surface area contributed by atoms with E-state index in [9.17, 15) is 4.79 Å². The summed E-state index contributed by atoms with van der Waals surface area (Å²) in [7, 11) is 0. The van der Waals surface area contributed by atoms with Gasteiger partial charge >= 0.3 is 0 Å². The highest BCUT2D eigenvalue weighted by molar-refractivity contribution is 9.10. The lowest BCUT2D eigenvalue weighted by molar-refractivity contribution is 0.106. The van der Waals surface area contributed by atoms with Crippen LogP contribution in [0.1, 0.15) is 28.4 Å². The van der Waals surface area contributed by atoms with Crippen molar-refractivity contribution in [2.24, 2.45) is 10.2 Å². The maximum atomic E-state index is 12.9. The minimum Gasteiger partial charge on any atom is -0.287 e. The SMILES string of the molecule is C/C(=N/N=C(\C(=O)c1ccccc1)c1ccccc1)c1cccc(Br)c1. The van der Waals surface area contributed by atoms with E-state index in [1.165, 1.54) is 0 Å². The van der Waals surface area contributed by atoms with Gasteiger partial charge in [0.05, 0.1) is 5.71 Å². The molecule has 128 valence electrons. The highest BCUT2D eigenvalue weighted by atomic mass is 79.9. The molecule has 3 nitrogen and oxygen atoms in total. The van der Waals surface area contributed by atoms with Gasteiger partial charge in [0, 0.05) is 15.6 Å². The van der Waals surface area contributed by atoms with Crippen LogP contribution >= 0.6 is 15.9 Å². The van der Waals surface area contributed by atoms with Crippen molar-refractivity contribution in [3.63, 3.8) is 0 Å². The number of carbonyl (C=O) groups excluding carboxylic acids is 1. The number of carbonyl (C=O) groups is 1. The van der Waals surface area contributed by atoms with Crippen LogP contribution in [0.2, 0.25) is 0 Å². The maximum Gasteiger partial charge on any atom is 0.213 e. The summed E-state index contributed by atoms with van der Waals surface area (Å²) < 4.78 is 0.970. The first kappa shape index (κ1) is 18.0. The first-order valence-corrected chi connectivity index (χ1v) is 8.98. The molecule has 0 heterocycles. The second-order valence-electron chi connectivity index (χ2n) is 5.71. The summed E-state index contributed by atoms with van der Waals surface area (Å²) in [6.07, 6.45) is 0. The minimum atomic E-state index is -0.150. The number of hydrogen-bond donors (Lipinski definition) is 0. The van der Waals surface area contributed by atoms with Gasteiger partial charge in [-0.2, -0.15) is 5.10 Å². The molecule has 0 aliphatic heterocycles. The van der Waals surface area contributed by atoms with E-state index in [2.05, 4.69) is 26.1 Å². The van der Waals surface area contributed by atoms with Crippen LogP contribution in [0.3, 0.4) is 0 Å². The molecular formula is C22H17BrN2O. The Morgan fingerprint density at radius 3 is 1.92 bits per heavy atom. The smallest absolute Gasteiger partial charge is 0.213 e. The average molecular weight is 405 g/mol. The fourth-order valence-corrected chi connectivity index (χ4v) is 2.85. The first-order valence-electron chi connectivity index (χ1n) is 8.18. The predicted octanol–water partition coefficient (Wildman–Crippen LogP) is 5.55. The molecule has 0 saturated heterocycles. The van der Waals surface area contributed by atoms with E-state index >= 15 is 0 Å². The van der Waals surface area contributed by atoms with Crippen molar-refractivity contribution in [2.45, 2.75) is 6.92 Å². The lowest BCUT2D eigenvalue weighted by Gasteiger charge is -2.05. The Bertz CT molecular complexity index is 964. The maximum absolute atomic E-state index is 12.9. The molecular weight excluding hydrogens is 388 g/mol. The molecule has 26 heavy (non-hydrogen) atoms. The molecule has 0 atom stereocenters. The number of rotatable bonds is 5. The summed E-state index contributed by atoms with van der Waals surface area (Å²) in [5.74, 6) is -0.150. The van der Waals surface area contributed by atoms with E-state index in [0.717, 1.165) is 21.3 Å².